The zero-order chi connectivity index (χ0) is 12.6. The number of fused-ring (bicyclic) bond motifs is 1. The van der Waals surface area contributed by atoms with Crippen LogP contribution in [-0.2, 0) is 20.8 Å². The van der Waals surface area contributed by atoms with Gasteiger partial charge in [-0.2, -0.15) is 0 Å². The molecule has 0 aromatic heterocycles. The fraction of sp³-hybridized carbons (Fsp3) is 0.0833. The Morgan fingerprint density at radius 2 is 1.59 bits per heavy atom. The predicted molar refractivity (Wildman–Crippen MR) is 57.3 cm³/mol. The standard InChI is InChI=1S/C12H8O5/c13-8-5-6-3-1-2-4-7(6)9(11(14)15)10(8)12(16)17/h1-4H,5H2,(H,14,15)(H,16,17). The molecule has 0 aliphatic heterocycles. The van der Waals surface area contributed by atoms with Crippen molar-refractivity contribution in [3.63, 3.8) is 0 Å². The first-order valence-corrected chi connectivity index (χ1v) is 4.84. The molecule has 17 heavy (non-hydrogen) atoms. The fourth-order valence-electron chi connectivity index (χ4n) is 1.90. The normalized spacial score (nSPS) is 14.5. The van der Waals surface area contributed by atoms with E-state index in [9.17, 15) is 14.4 Å². The van der Waals surface area contributed by atoms with Crippen LogP contribution in [0.3, 0.4) is 0 Å². The van der Waals surface area contributed by atoms with E-state index in [2.05, 4.69) is 0 Å². The van der Waals surface area contributed by atoms with Gasteiger partial charge < -0.3 is 10.2 Å². The summed E-state index contributed by atoms with van der Waals surface area (Å²) < 4.78 is 0. The molecule has 0 spiro atoms. The van der Waals surface area contributed by atoms with Crippen LogP contribution >= 0.6 is 0 Å². The van der Waals surface area contributed by atoms with Gasteiger partial charge in [0.2, 0.25) is 0 Å². The largest absolute Gasteiger partial charge is 0.478 e. The van der Waals surface area contributed by atoms with Crippen LogP contribution in [0.5, 0.6) is 0 Å². The minimum atomic E-state index is -1.50. The van der Waals surface area contributed by atoms with E-state index < -0.39 is 28.9 Å². The van der Waals surface area contributed by atoms with Gasteiger partial charge in [0.15, 0.2) is 5.78 Å². The molecule has 1 aliphatic rings. The first-order valence-electron chi connectivity index (χ1n) is 4.84. The average Bonchev–Trinajstić information content (AvgIpc) is 2.26. The summed E-state index contributed by atoms with van der Waals surface area (Å²) in [4.78, 5) is 33.7. The van der Waals surface area contributed by atoms with Gasteiger partial charge in [0.05, 0.1) is 5.57 Å². The smallest absolute Gasteiger partial charge is 0.340 e. The Morgan fingerprint density at radius 1 is 1.00 bits per heavy atom. The van der Waals surface area contributed by atoms with Crippen molar-refractivity contribution in [2.75, 3.05) is 0 Å². The maximum atomic E-state index is 11.6. The molecule has 1 aromatic carbocycles. The molecular formula is C12H8O5. The molecule has 2 rings (SSSR count). The molecule has 0 saturated carbocycles. The van der Waals surface area contributed by atoms with Crippen LogP contribution < -0.4 is 0 Å². The minimum absolute atomic E-state index is 0.0748. The highest BCUT2D eigenvalue weighted by Crippen LogP contribution is 2.29. The van der Waals surface area contributed by atoms with Crippen molar-refractivity contribution < 1.29 is 24.6 Å². The lowest BCUT2D eigenvalue weighted by Crippen LogP contribution is -2.24. The number of hydrogen-bond acceptors (Lipinski definition) is 3. The first-order chi connectivity index (χ1) is 8.02. The number of hydrogen-bond donors (Lipinski definition) is 2. The summed E-state index contributed by atoms with van der Waals surface area (Å²) in [5, 5.41) is 18.0. The highest BCUT2D eigenvalue weighted by molar-refractivity contribution is 6.34. The van der Waals surface area contributed by atoms with Crippen LogP contribution in [0.1, 0.15) is 11.1 Å². The molecule has 0 saturated heterocycles. The van der Waals surface area contributed by atoms with Crippen molar-refractivity contribution in [2.45, 2.75) is 6.42 Å². The second kappa shape index (κ2) is 3.86. The minimum Gasteiger partial charge on any atom is -0.478 e. The number of Topliss-reactive ketones (excluding diaryl/α,β-unsaturated/α-hetero) is 1. The highest BCUT2D eigenvalue weighted by Gasteiger charge is 2.33. The van der Waals surface area contributed by atoms with Gasteiger partial charge in [-0.3, -0.25) is 4.79 Å². The van der Waals surface area contributed by atoms with Crippen molar-refractivity contribution in [1.29, 1.82) is 0 Å². The van der Waals surface area contributed by atoms with E-state index in [1.807, 2.05) is 0 Å². The Balaban J connectivity index is 2.78. The van der Waals surface area contributed by atoms with Crippen LogP contribution in [0.25, 0.3) is 5.57 Å². The Morgan fingerprint density at radius 3 is 2.18 bits per heavy atom. The van der Waals surface area contributed by atoms with E-state index in [-0.39, 0.29) is 6.42 Å². The SMILES string of the molecule is O=C(O)C1=C(C(=O)O)c2ccccc2CC1=O. The maximum absolute atomic E-state index is 11.6. The second-order valence-electron chi connectivity index (χ2n) is 3.62. The summed E-state index contributed by atoms with van der Waals surface area (Å²) in [5.74, 6) is -3.57. The predicted octanol–water partition coefficient (Wildman–Crippen LogP) is 0.735. The van der Waals surface area contributed by atoms with Crippen molar-refractivity contribution in [3.8, 4) is 0 Å². The van der Waals surface area contributed by atoms with Crippen LogP contribution in [-0.4, -0.2) is 27.9 Å². The molecule has 86 valence electrons. The van der Waals surface area contributed by atoms with E-state index in [1.54, 1.807) is 18.2 Å². The van der Waals surface area contributed by atoms with Gasteiger partial charge in [-0.1, -0.05) is 24.3 Å². The Kier molecular flexibility index (Phi) is 2.51. The number of benzene rings is 1. The summed E-state index contributed by atoms with van der Waals surface area (Å²) in [6.07, 6.45) is -0.0748. The Labute approximate surface area is 96.0 Å². The molecule has 0 heterocycles. The number of carboxylic acid groups (broad SMARTS) is 2. The van der Waals surface area contributed by atoms with Gasteiger partial charge in [-0.25, -0.2) is 9.59 Å². The summed E-state index contributed by atoms with van der Waals surface area (Å²) in [6.45, 7) is 0. The van der Waals surface area contributed by atoms with Gasteiger partial charge in [0.25, 0.3) is 0 Å². The molecular weight excluding hydrogens is 224 g/mol. The first kappa shape index (κ1) is 11.1. The van der Waals surface area contributed by atoms with Crippen LogP contribution in [0, 0.1) is 0 Å². The summed E-state index contributed by atoms with van der Waals surface area (Å²) in [5.41, 5.74) is -0.225. The van der Waals surface area contributed by atoms with Gasteiger partial charge in [0.1, 0.15) is 5.57 Å². The van der Waals surface area contributed by atoms with Gasteiger partial charge >= 0.3 is 11.9 Å². The van der Waals surface area contributed by atoms with Gasteiger partial charge in [0, 0.05) is 6.42 Å². The third kappa shape index (κ3) is 1.71. The molecule has 0 atom stereocenters. The fourth-order valence-corrected chi connectivity index (χ4v) is 1.90. The summed E-state index contributed by atoms with van der Waals surface area (Å²) in [7, 11) is 0. The summed E-state index contributed by atoms with van der Waals surface area (Å²) >= 11 is 0. The monoisotopic (exact) mass is 232 g/mol. The Hall–Kier alpha value is -2.43. The van der Waals surface area contributed by atoms with Gasteiger partial charge in [-0.15, -0.1) is 0 Å². The van der Waals surface area contributed by atoms with E-state index in [0.29, 0.717) is 11.1 Å². The quantitative estimate of drug-likeness (QED) is 0.733. The molecule has 0 fully saturated rings. The van der Waals surface area contributed by atoms with Crippen LogP contribution in [0.4, 0.5) is 0 Å². The molecule has 0 amide bonds. The molecule has 5 heteroatoms. The molecule has 0 bridgehead atoms. The van der Waals surface area contributed by atoms with E-state index in [1.165, 1.54) is 6.07 Å². The van der Waals surface area contributed by atoms with Gasteiger partial charge in [-0.05, 0) is 11.1 Å². The topological polar surface area (TPSA) is 91.7 Å². The number of carbonyl (C=O) groups excluding carboxylic acids is 1. The third-order valence-electron chi connectivity index (χ3n) is 2.59. The third-order valence-corrected chi connectivity index (χ3v) is 2.59. The maximum Gasteiger partial charge on any atom is 0.340 e. The van der Waals surface area contributed by atoms with E-state index in [0.717, 1.165) is 0 Å². The number of ketones is 1. The number of aliphatic carboxylic acids is 2. The van der Waals surface area contributed by atoms with Crippen molar-refractivity contribution >= 4 is 23.3 Å². The van der Waals surface area contributed by atoms with Crippen molar-refractivity contribution in [2.24, 2.45) is 0 Å². The number of carboxylic acids is 2. The van der Waals surface area contributed by atoms with E-state index in [4.69, 9.17) is 10.2 Å². The molecule has 5 nitrogen and oxygen atoms in total. The number of rotatable bonds is 2. The molecule has 2 N–H and O–H groups in total. The summed E-state index contributed by atoms with van der Waals surface area (Å²) in [6, 6.07) is 6.41. The van der Waals surface area contributed by atoms with Crippen molar-refractivity contribution in [1.82, 2.24) is 0 Å². The highest BCUT2D eigenvalue weighted by atomic mass is 16.4. The van der Waals surface area contributed by atoms with Crippen molar-refractivity contribution in [3.05, 3.63) is 41.0 Å². The van der Waals surface area contributed by atoms with Crippen LogP contribution in [0.2, 0.25) is 0 Å². The molecule has 1 aromatic rings. The second-order valence-corrected chi connectivity index (χ2v) is 3.62. The molecule has 0 radical (unpaired) electrons. The molecule has 1 aliphatic carbocycles. The lowest BCUT2D eigenvalue weighted by Gasteiger charge is -2.17. The lowest BCUT2D eigenvalue weighted by atomic mass is 9.85. The molecule has 0 unspecified atom stereocenters. The lowest BCUT2D eigenvalue weighted by molar-refractivity contribution is -0.136. The zero-order valence-electron chi connectivity index (χ0n) is 8.64. The van der Waals surface area contributed by atoms with E-state index >= 15 is 0 Å². The Bertz CT molecular complexity index is 568. The van der Waals surface area contributed by atoms with Crippen LogP contribution in [0.15, 0.2) is 29.8 Å². The number of carbonyl (C=O) groups is 3. The average molecular weight is 232 g/mol. The zero-order valence-corrected chi connectivity index (χ0v) is 8.64.